The molecule has 1 N–H and O–H groups in total. The zero-order chi connectivity index (χ0) is 26.9. The van der Waals surface area contributed by atoms with Gasteiger partial charge in [0.05, 0.1) is 19.2 Å². The molecular weight excluding hydrogens is 543 g/mol. The van der Waals surface area contributed by atoms with Crippen molar-refractivity contribution in [2.24, 2.45) is 0 Å². The molecule has 0 aliphatic carbocycles. The molecule has 8 nitrogen and oxygen atoms in total. The van der Waals surface area contributed by atoms with E-state index in [4.69, 9.17) is 31.0 Å². The second kappa shape index (κ2) is 11.2. The van der Waals surface area contributed by atoms with Crippen molar-refractivity contribution < 1.29 is 23.8 Å². The first-order valence-electron chi connectivity index (χ1n) is 13.0. The number of fused-ring (bicyclic) bond motifs is 1. The number of hydrogen-bond donors (Lipinski definition) is 1. The predicted octanol–water partition coefficient (Wildman–Crippen LogP) is 5.73. The third-order valence-electron chi connectivity index (χ3n) is 7.40. The number of likely N-dealkylation sites (tertiary alicyclic amines) is 1. The molecule has 11 heteroatoms. The van der Waals surface area contributed by atoms with E-state index in [1.807, 2.05) is 12.1 Å². The zero-order valence-corrected chi connectivity index (χ0v) is 22.8. The predicted molar refractivity (Wildman–Crippen MR) is 146 cm³/mol. The molecule has 0 spiro atoms. The number of aromatic nitrogens is 3. The van der Waals surface area contributed by atoms with Crippen molar-refractivity contribution in [1.82, 2.24) is 19.4 Å². The lowest BCUT2D eigenvalue weighted by Crippen LogP contribution is -2.35. The Morgan fingerprint density at radius 3 is 2.72 bits per heavy atom. The summed E-state index contributed by atoms with van der Waals surface area (Å²) in [6, 6.07) is 12.0. The van der Waals surface area contributed by atoms with Crippen LogP contribution in [0.15, 0.2) is 42.5 Å². The second-order valence-electron chi connectivity index (χ2n) is 10.0. The minimum Gasteiger partial charge on any atom is -0.477 e. The molecule has 2 fully saturated rings. The largest absolute Gasteiger partial charge is 0.477 e. The number of hydrogen-bond acceptors (Lipinski definition) is 7. The molecule has 204 valence electrons. The summed E-state index contributed by atoms with van der Waals surface area (Å²) in [4.78, 5) is 24.6. The monoisotopic (exact) mass is 570 g/mol. The van der Waals surface area contributed by atoms with Crippen LogP contribution in [0.4, 0.5) is 4.39 Å². The van der Waals surface area contributed by atoms with Gasteiger partial charge in [0.1, 0.15) is 33.5 Å². The highest BCUT2D eigenvalue weighted by Gasteiger charge is 2.27. The molecule has 0 radical (unpaired) electrons. The summed E-state index contributed by atoms with van der Waals surface area (Å²) in [6.45, 7) is 4.05. The summed E-state index contributed by atoms with van der Waals surface area (Å²) >= 11 is 7.11. The van der Waals surface area contributed by atoms with Crippen LogP contribution in [0.5, 0.6) is 5.88 Å². The van der Waals surface area contributed by atoms with Gasteiger partial charge in [-0.3, -0.25) is 4.90 Å². The third kappa shape index (κ3) is 5.79. The first kappa shape index (κ1) is 26.2. The molecule has 39 heavy (non-hydrogen) atoms. The highest BCUT2D eigenvalue weighted by Crippen LogP contribution is 2.32. The van der Waals surface area contributed by atoms with Crippen molar-refractivity contribution in [2.75, 3.05) is 19.7 Å². The Hall–Kier alpha value is -3.05. The van der Waals surface area contributed by atoms with Gasteiger partial charge in [0, 0.05) is 34.9 Å². The quantitative estimate of drug-likeness (QED) is 0.275. The van der Waals surface area contributed by atoms with Gasteiger partial charge in [-0.05, 0) is 56.6 Å². The lowest BCUT2D eigenvalue weighted by atomic mass is 9.93. The van der Waals surface area contributed by atoms with Gasteiger partial charge in [0.25, 0.3) is 0 Å². The van der Waals surface area contributed by atoms with Crippen LogP contribution in [-0.4, -0.2) is 56.3 Å². The summed E-state index contributed by atoms with van der Waals surface area (Å²) in [7, 11) is 0. The number of carbonyl (C=O) groups is 1. The molecule has 2 saturated heterocycles. The molecule has 1 aromatic carbocycles. The van der Waals surface area contributed by atoms with E-state index in [9.17, 15) is 14.3 Å². The van der Waals surface area contributed by atoms with E-state index in [-0.39, 0.29) is 12.7 Å². The number of carboxylic acid groups (broad SMARTS) is 1. The average molecular weight is 571 g/mol. The highest BCUT2D eigenvalue weighted by atomic mass is 35.5. The summed E-state index contributed by atoms with van der Waals surface area (Å²) in [6.07, 6.45) is 3.06. The van der Waals surface area contributed by atoms with E-state index in [0.717, 1.165) is 60.8 Å². The number of pyridine rings is 1. The van der Waals surface area contributed by atoms with E-state index in [1.54, 1.807) is 24.3 Å². The molecule has 0 amide bonds. The fourth-order valence-corrected chi connectivity index (χ4v) is 6.25. The number of imidazole rings is 1. The van der Waals surface area contributed by atoms with E-state index in [2.05, 4.69) is 9.47 Å². The molecule has 1 atom stereocenters. The first-order chi connectivity index (χ1) is 18.9. The summed E-state index contributed by atoms with van der Waals surface area (Å²) in [5.41, 5.74) is 2.15. The average Bonchev–Trinajstić information content (AvgIpc) is 3.45. The van der Waals surface area contributed by atoms with Gasteiger partial charge >= 0.3 is 5.97 Å². The molecule has 4 aromatic rings. The van der Waals surface area contributed by atoms with Crippen LogP contribution in [0.2, 0.25) is 5.02 Å². The number of piperidine rings is 1. The van der Waals surface area contributed by atoms with Crippen LogP contribution in [0.25, 0.3) is 10.3 Å². The molecule has 3 aromatic heterocycles. The molecule has 5 heterocycles. The smallest absolute Gasteiger partial charge is 0.346 e. The fourth-order valence-electron chi connectivity index (χ4n) is 5.12. The number of nitrogens with zero attached hydrogens (tertiary/aromatic N) is 4. The topological polar surface area (TPSA) is 89.7 Å². The number of aromatic carboxylic acids is 1. The lowest BCUT2D eigenvalue weighted by molar-refractivity contribution is -0.0591. The molecule has 2 aliphatic heterocycles. The normalized spacial score (nSPS) is 18.4. The van der Waals surface area contributed by atoms with Crippen LogP contribution >= 0.6 is 22.9 Å². The Labute approximate surface area is 234 Å². The Morgan fingerprint density at radius 2 is 2.00 bits per heavy atom. The van der Waals surface area contributed by atoms with Crippen molar-refractivity contribution in [3.8, 4) is 5.88 Å². The zero-order valence-electron chi connectivity index (χ0n) is 21.2. The van der Waals surface area contributed by atoms with Gasteiger partial charge in [0.2, 0.25) is 5.88 Å². The summed E-state index contributed by atoms with van der Waals surface area (Å²) in [5.74, 6) is 0.416. The molecule has 0 bridgehead atoms. The van der Waals surface area contributed by atoms with Gasteiger partial charge in [-0.25, -0.2) is 19.2 Å². The summed E-state index contributed by atoms with van der Waals surface area (Å²) < 4.78 is 27.7. The Balaban J connectivity index is 1.09. The number of carboxylic acids is 1. The minimum atomic E-state index is -0.923. The lowest BCUT2D eigenvalue weighted by Gasteiger charge is -2.32. The fraction of sp³-hybridized carbons (Fsp3) is 0.393. The van der Waals surface area contributed by atoms with Gasteiger partial charge in [-0.2, -0.15) is 0 Å². The molecular formula is C28H28ClFN4O4S. The Kier molecular flexibility index (Phi) is 7.53. The summed E-state index contributed by atoms with van der Waals surface area (Å²) in [5, 5.41) is 9.76. The Morgan fingerprint density at radius 1 is 1.18 bits per heavy atom. The minimum absolute atomic E-state index is 0.0852. The maximum Gasteiger partial charge on any atom is 0.346 e. The highest BCUT2D eigenvalue weighted by molar-refractivity contribution is 7.20. The molecule has 2 aliphatic rings. The SMILES string of the molecule is O=C(O)c1cc2nc(CN3CCC(c4cccc(OCc5ccc(Cl)cc5F)n4)CC3)n(C[C@@H]3CCO3)c2s1. The van der Waals surface area contributed by atoms with Crippen molar-refractivity contribution in [3.63, 3.8) is 0 Å². The van der Waals surface area contributed by atoms with E-state index in [1.165, 1.54) is 17.4 Å². The van der Waals surface area contributed by atoms with E-state index in [0.29, 0.717) is 40.4 Å². The van der Waals surface area contributed by atoms with Gasteiger partial charge in [-0.15, -0.1) is 11.3 Å². The van der Waals surface area contributed by atoms with Gasteiger partial charge < -0.3 is 19.1 Å². The first-order valence-corrected chi connectivity index (χ1v) is 14.2. The third-order valence-corrected chi connectivity index (χ3v) is 8.77. The standard InChI is InChI=1S/C28H28ClFN4O4S/c29-19-5-4-18(21(30)12-19)16-38-26-3-1-2-22(32-26)17-6-9-33(10-7-17)15-25-31-23-13-24(28(35)36)39-27(23)34(25)14-20-8-11-37-20/h1-5,12-13,17,20H,6-11,14-16H2,(H,35,36)/t20-/m0/s1. The van der Waals surface area contributed by atoms with Crippen molar-refractivity contribution in [1.29, 1.82) is 0 Å². The van der Waals surface area contributed by atoms with Crippen molar-refractivity contribution in [3.05, 3.63) is 75.3 Å². The van der Waals surface area contributed by atoms with Crippen LogP contribution in [0.1, 0.15) is 51.9 Å². The maximum absolute atomic E-state index is 14.1. The number of benzene rings is 1. The van der Waals surface area contributed by atoms with Crippen LogP contribution in [0, 0.1) is 5.82 Å². The maximum atomic E-state index is 14.1. The van der Waals surface area contributed by atoms with E-state index >= 15 is 0 Å². The number of rotatable bonds is 9. The number of halogens is 2. The molecule has 6 rings (SSSR count). The van der Waals surface area contributed by atoms with Gasteiger partial charge in [0.15, 0.2) is 0 Å². The molecule has 0 saturated carbocycles. The van der Waals surface area contributed by atoms with Crippen LogP contribution in [-0.2, 0) is 24.4 Å². The van der Waals surface area contributed by atoms with Crippen molar-refractivity contribution in [2.45, 2.75) is 51.0 Å². The Bertz CT molecular complexity index is 1500. The number of thiophene rings is 1. The van der Waals surface area contributed by atoms with Crippen molar-refractivity contribution >= 4 is 39.3 Å². The van der Waals surface area contributed by atoms with Gasteiger partial charge in [-0.1, -0.05) is 23.7 Å². The molecule has 0 unspecified atom stereocenters. The van der Waals surface area contributed by atoms with Crippen LogP contribution < -0.4 is 4.74 Å². The van der Waals surface area contributed by atoms with E-state index < -0.39 is 11.8 Å². The number of ether oxygens (including phenoxy) is 2. The van der Waals surface area contributed by atoms with Crippen LogP contribution in [0.3, 0.4) is 0 Å². The second-order valence-corrected chi connectivity index (χ2v) is 11.5.